The molecule has 0 spiro atoms. The third-order valence-electron chi connectivity index (χ3n) is 2.34. The maximum absolute atomic E-state index is 12.3. The summed E-state index contributed by atoms with van der Waals surface area (Å²) >= 11 is 0. The lowest BCUT2D eigenvalue weighted by Gasteiger charge is -2.32. The molecule has 0 aliphatic rings. The van der Waals surface area contributed by atoms with E-state index in [0.717, 1.165) is 0 Å². The average Bonchev–Trinajstić information content (AvgIpc) is 2.21. The van der Waals surface area contributed by atoms with Crippen LogP contribution in [-0.4, -0.2) is 56.6 Å². The number of imide groups is 1. The fourth-order valence-electron chi connectivity index (χ4n) is 1.59. The van der Waals surface area contributed by atoms with Gasteiger partial charge in [0.05, 0.1) is 6.10 Å². The molecule has 0 saturated heterocycles. The zero-order valence-corrected chi connectivity index (χ0v) is 14.7. The van der Waals surface area contributed by atoms with E-state index in [0.29, 0.717) is 4.90 Å². The molecule has 0 rings (SSSR count). The van der Waals surface area contributed by atoms with Crippen LogP contribution < -0.4 is 0 Å². The number of carbonyl (C=O) groups is 3. The Morgan fingerprint density at radius 1 is 0.957 bits per heavy atom. The van der Waals surface area contributed by atoms with Crippen molar-refractivity contribution in [2.24, 2.45) is 0 Å². The zero-order valence-electron chi connectivity index (χ0n) is 14.7. The highest BCUT2D eigenvalue weighted by Crippen LogP contribution is 2.19. The van der Waals surface area contributed by atoms with Gasteiger partial charge >= 0.3 is 18.2 Å². The quantitative estimate of drug-likeness (QED) is 0.812. The van der Waals surface area contributed by atoms with Crippen LogP contribution in [0.25, 0.3) is 0 Å². The maximum Gasteiger partial charge on any atom is 0.420 e. The van der Waals surface area contributed by atoms with Gasteiger partial charge in [0.1, 0.15) is 17.2 Å². The Balaban J connectivity index is 5.62. The normalized spacial score (nSPS) is 14.6. The van der Waals surface area contributed by atoms with Crippen molar-refractivity contribution in [3.8, 4) is 0 Å². The number of carboxylic acids is 1. The van der Waals surface area contributed by atoms with Gasteiger partial charge in [-0.1, -0.05) is 0 Å². The molecule has 0 aromatic heterocycles. The van der Waals surface area contributed by atoms with E-state index in [1.807, 2.05) is 0 Å². The molecule has 8 nitrogen and oxygen atoms in total. The number of nitrogens with zero attached hydrogens (tertiary/aromatic N) is 1. The number of aliphatic carboxylic acids is 1. The summed E-state index contributed by atoms with van der Waals surface area (Å²) in [5.41, 5.74) is -1.85. The fraction of sp³-hybridized carbons (Fsp3) is 0.800. The summed E-state index contributed by atoms with van der Waals surface area (Å²) in [6, 6.07) is -1.60. The summed E-state index contributed by atoms with van der Waals surface area (Å²) in [6.45, 7) is 10.9. The molecule has 0 aliphatic heterocycles. The van der Waals surface area contributed by atoms with Crippen LogP contribution in [0, 0.1) is 0 Å². The molecule has 2 atom stereocenters. The lowest BCUT2D eigenvalue weighted by molar-refractivity contribution is -0.144. The lowest BCUT2D eigenvalue weighted by atomic mass is 10.1. The van der Waals surface area contributed by atoms with Crippen LogP contribution in [0.2, 0.25) is 0 Å². The van der Waals surface area contributed by atoms with E-state index in [-0.39, 0.29) is 6.42 Å². The number of hydrogen-bond acceptors (Lipinski definition) is 6. The predicted molar refractivity (Wildman–Crippen MR) is 82.0 cm³/mol. The van der Waals surface area contributed by atoms with Gasteiger partial charge in [0, 0.05) is 6.42 Å². The maximum atomic E-state index is 12.3. The minimum absolute atomic E-state index is 0.339. The molecule has 0 fully saturated rings. The SMILES string of the molecule is CC(O)CC(C(=O)O)N(C(=O)OC(C)(C)C)C(=O)OC(C)(C)C. The summed E-state index contributed by atoms with van der Waals surface area (Å²) in [4.78, 5) is 36.4. The number of rotatable bonds is 4. The van der Waals surface area contributed by atoms with Crippen LogP contribution in [0.4, 0.5) is 9.59 Å². The summed E-state index contributed by atoms with van der Waals surface area (Å²) in [5.74, 6) is -1.44. The number of aliphatic hydroxyl groups excluding tert-OH is 1. The van der Waals surface area contributed by atoms with Crippen LogP contribution in [0.3, 0.4) is 0 Å². The van der Waals surface area contributed by atoms with Crippen molar-refractivity contribution in [1.82, 2.24) is 4.90 Å². The standard InChI is InChI=1S/C15H27NO7/c1-9(17)8-10(11(18)19)16(12(20)22-14(2,3)4)13(21)23-15(5,6)7/h9-10,17H,8H2,1-7H3,(H,18,19). The van der Waals surface area contributed by atoms with Gasteiger partial charge in [-0.05, 0) is 48.5 Å². The Morgan fingerprint density at radius 3 is 1.52 bits per heavy atom. The molecule has 0 aromatic carbocycles. The average molecular weight is 333 g/mol. The van der Waals surface area contributed by atoms with E-state index < -0.39 is 41.5 Å². The van der Waals surface area contributed by atoms with Crippen molar-refractivity contribution >= 4 is 18.2 Å². The van der Waals surface area contributed by atoms with Gasteiger partial charge in [-0.15, -0.1) is 0 Å². The first kappa shape index (κ1) is 21.2. The smallest absolute Gasteiger partial charge is 0.420 e. The highest BCUT2D eigenvalue weighted by Gasteiger charge is 2.40. The summed E-state index contributed by atoms with van der Waals surface area (Å²) in [5, 5.41) is 18.8. The van der Waals surface area contributed by atoms with Crippen molar-refractivity contribution in [2.45, 2.75) is 78.2 Å². The van der Waals surface area contributed by atoms with E-state index in [9.17, 15) is 24.6 Å². The fourth-order valence-corrected chi connectivity index (χ4v) is 1.59. The molecule has 0 aromatic rings. The van der Waals surface area contributed by atoms with Crippen LogP contribution in [0.1, 0.15) is 54.9 Å². The van der Waals surface area contributed by atoms with Crippen molar-refractivity contribution in [2.75, 3.05) is 0 Å². The molecule has 0 saturated carbocycles. The Bertz CT molecular complexity index is 418. The van der Waals surface area contributed by atoms with E-state index in [1.165, 1.54) is 6.92 Å². The molecular formula is C15H27NO7. The highest BCUT2D eigenvalue weighted by atomic mass is 16.6. The molecule has 23 heavy (non-hydrogen) atoms. The van der Waals surface area contributed by atoms with Crippen LogP contribution >= 0.6 is 0 Å². The Kier molecular flexibility index (Phi) is 7.02. The topological polar surface area (TPSA) is 113 Å². The van der Waals surface area contributed by atoms with Crippen LogP contribution in [0.15, 0.2) is 0 Å². The third kappa shape index (κ3) is 8.39. The van der Waals surface area contributed by atoms with Gasteiger partial charge in [0.2, 0.25) is 0 Å². The lowest BCUT2D eigenvalue weighted by Crippen LogP contribution is -2.52. The van der Waals surface area contributed by atoms with E-state index >= 15 is 0 Å². The number of carboxylic acid groups (broad SMARTS) is 1. The highest BCUT2D eigenvalue weighted by molar-refractivity contribution is 5.93. The van der Waals surface area contributed by atoms with Gasteiger partial charge in [-0.2, -0.15) is 4.90 Å². The van der Waals surface area contributed by atoms with E-state index in [1.54, 1.807) is 41.5 Å². The summed E-state index contributed by atoms with van der Waals surface area (Å²) in [6.07, 6.45) is -3.66. The molecule has 2 amide bonds. The predicted octanol–water partition coefficient (Wildman–Crippen LogP) is 2.38. The minimum Gasteiger partial charge on any atom is -0.480 e. The van der Waals surface area contributed by atoms with Gasteiger partial charge in [0.25, 0.3) is 0 Å². The summed E-state index contributed by atoms with van der Waals surface area (Å²) < 4.78 is 10.2. The Labute approximate surface area is 136 Å². The number of hydrogen-bond donors (Lipinski definition) is 2. The van der Waals surface area contributed by atoms with Gasteiger partial charge in [-0.3, -0.25) is 0 Å². The van der Waals surface area contributed by atoms with Gasteiger partial charge in [-0.25, -0.2) is 14.4 Å². The van der Waals surface area contributed by atoms with Gasteiger partial charge < -0.3 is 19.7 Å². The zero-order chi connectivity index (χ0) is 18.6. The first-order chi connectivity index (χ1) is 10.1. The number of amides is 2. The Morgan fingerprint density at radius 2 is 1.30 bits per heavy atom. The van der Waals surface area contributed by atoms with E-state index in [4.69, 9.17) is 9.47 Å². The molecule has 0 aliphatic carbocycles. The van der Waals surface area contributed by atoms with Gasteiger partial charge in [0.15, 0.2) is 0 Å². The molecule has 2 N–H and O–H groups in total. The first-order valence-electron chi connectivity index (χ1n) is 7.30. The number of ether oxygens (including phenoxy) is 2. The van der Waals surface area contributed by atoms with Crippen molar-refractivity contribution < 1.29 is 34.1 Å². The largest absolute Gasteiger partial charge is 0.480 e. The third-order valence-corrected chi connectivity index (χ3v) is 2.34. The van der Waals surface area contributed by atoms with Crippen LogP contribution in [0.5, 0.6) is 0 Å². The molecule has 0 radical (unpaired) electrons. The van der Waals surface area contributed by atoms with Crippen LogP contribution in [-0.2, 0) is 14.3 Å². The second-order valence-electron chi connectivity index (χ2n) is 7.27. The van der Waals surface area contributed by atoms with Crippen molar-refractivity contribution in [3.05, 3.63) is 0 Å². The molecule has 0 bridgehead atoms. The molecule has 0 heterocycles. The molecule has 134 valence electrons. The second-order valence-corrected chi connectivity index (χ2v) is 7.27. The Hall–Kier alpha value is -1.83. The number of carbonyl (C=O) groups excluding carboxylic acids is 2. The number of aliphatic hydroxyl groups is 1. The summed E-state index contributed by atoms with van der Waals surface area (Å²) in [7, 11) is 0. The first-order valence-corrected chi connectivity index (χ1v) is 7.30. The monoisotopic (exact) mass is 333 g/mol. The van der Waals surface area contributed by atoms with Crippen molar-refractivity contribution in [3.63, 3.8) is 0 Å². The minimum atomic E-state index is -1.60. The van der Waals surface area contributed by atoms with E-state index in [2.05, 4.69) is 0 Å². The second kappa shape index (κ2) is 7.63. The molecular weight excluding hydrogens is 306 g/mol. The molecule has 8 heteroatoms. The molecule has 2 unspecified atom stereocenters. The van der Waals surface area contributed by atoms with Crippen molar-refractivity contribution in [1.29, 1.82) is 0 Å².